The Morgan fingerprint density at radius 1 is 1.12 bits per heavy atom. The Bertz CT molecular complexity index is 435. The van der Waals surface area contributed by atoms with E-state index in [0.29, 0.717) is 5.56 Å². The van der Waals surface area contributed by atoms with E-state index in [2.05, 4.69) is 0 Å². The summed E-state index contributed by atoms with van der Waals surface area (Å²) in [6, 6.07) is 3.02. The predicted octanol–water partition coefficient (Wildman–Crippen LogP) is 1.98. The average molecular weight is 278 g/mol. The van der Waals surface area contributed by atoms with Crippen molar-refractivity contribution in [2.45, 2.75) is 29.6 Å². The Labute approximate surface area is 105 Å². The van der Waals surface area contributed by atoms with E-state index >= 15 is 0 Å². The first-order valence-electron chi connectivity index (χ1n) is 4.82. The van der Waals surface area contributed by atoms with E-state index in [4.69, 9.17) is 13.8 Å². The topological polar surface area (TPSA) is 83.8 Å². The van der Waals surface area contributed by atoms with Crippen LogP contribution in [0.2, 0.25) is 0 Å². The molecule has 1 aromatic carbocycles. The van der Waals surface area contributed by atoms with Gasteiger partial charge in [0.25, 0.3) is 0 Å². The van der Waals surface area contributed by atoms with E-state index < -0.39 is 22.2 Å². The van der Waals surface area contributed by atoms with Gasteiger partial charge in [-0.2, -0.15) is 0 Å². The normalized spacial score (nSPS) is 14.7. The summed E-state index contributed by atoms with van der Waals surface area (Å²) in [5.41, 5.74) is 0.709. The third-order valence-electron chi connectivity index (χ3n) is 2.29. The predicted molar refractivity (Wildman–Crippen MR) is 65.2 cm³/mol. The molecular formula is C10H14O5S2. The Hall–Kier alpha value is -0.760. The Balaban J connectivity index is 3.57. The molecule has 0 aliphatic carbocycles. The molecule has 0 aliphatic rings. The van der Waals surface area contributed by atoms with Crippen LogP contribution in [0, 0.1) is 0 Å². The molecule has 96 valence electrons. The SMILES string of the molecule is COc1c(S(=O)O)cc(C(C)C)cc1S(=O)O. The number of rotatable bonds is 4. The number of benzene rings is 1. The zero-order valence-electron chi connectivity index (χ0n) is 9.67. The third-order valence-corrected chi connectivity index (χ3v) is 3.65. The van der Waals surface area contributed by atoms with E-state index in [1.807, 2.05) is 13.8 Å². The van der Waals surface area contributed by atoms with Crippen molar-refractivity contribution in [1.29, 1.82) is 0 Å². The molecule has 0 saturated heterocycles. The molecule has 5 nitrogen and oxygen atoms in total. The monoisotopic (exact) mass is 278 g/mol. The third kappa shape index (κ3) is 3.12. The zero-order chi connectivity index (χ0) is 13.2. The average Bonchev–Trinajstić information content (AvgIpc) is 2.26. The molecule has 0 aliphatic heterocycles. The first-order chi connectivity index (χ1) is 7.88. The van der Waals surface area contributed by atoms with Crippen molar-refractivity contribution in [2.75, 3.05) is 7.11 Å². The lowest BCUT2D eigenvalue weighted by molar-refractivity contribution is 0.388. The minimum Gasteiger partial charge on any atom is -0.494 e. The molecule has 0 heterocycles. The van der Waals surface area contributed by atoms with Crippen LogP contribution >= 0.6 is 0 Å². The van der Waals surface area contributed by atoms with E-state index in [0.717, 1.165) is 0 Å². The molecule has 0 fully saturated rings. The van der Waals surface area contributed by atoms with Gasteiger partial charge in [0.15, 0.2) is 27.9 Å². The molecule has 0 amide bonds. The summed E-state index contributed by atoms with van der Waals surface area (Å²) in [6.07, 6.45) is 0. The molecule has 0 spiro atoms. The Kier molecular flexibility index (Phi) is 4.81. The van der Waals surface area contributed by atoms with Gasteiger partial charge in [0, 0.05) is 0 Å². The van der Waals surface area contributed by atoms with Gasteiger partial charge in [-0.15, -0.1) is 0 Å². The molecule has 0 aromatic heterocycles. The van der Waals surface area contributed by atoms with Crippen molar-refractivity contribution in [3.05, 3.63) is 17.7 Å². The maximum atomic E-state index is 11.2. The van der Waals surface area contributed by atoms with Gasteiger partial charge in [0.1, 0.15) is 9.79 Å². The van der Waals surface area contributed by atoms with Gasteiger partial charge < -0.3 is 13.8 Å². The van der Waals surface area contributed by atoms with Gasteiger partial charge in [-0.05, 0) is 23.6 Å². The fraction of sp³-hybridized carbons (Fsp3) is 0.400. The van der Waals surface area contributed by atoms with Gasteiger partial charge >= 0.3 is 0 Å². The molecule has 1 aromatic rings. The lowest BCUT2D eigenvalue weighted by Gasteiger charge is -2.13. The van der Waals surface area contributed by atoms with Crippen LogP contribution in [0.5, 0.6) is 5.75 Å². The second-order valence-corrected chi connectivity index (χ2v) is 5.58. The summed E-state index contributed by atoms with van der Waals surface area (Å²) in [5, 5.41) is 0. The quantitative estimate of drug-likeness (QED) is 0.823. The summed E-state index contributed by atoms with van der Waals surface area (Å²) in [5.74, 6) is 0.0570. The Morgan fingerprint density at radius 2 is 1.53 bits per heavy atom. The van der Waals surface area contributed by atoms with E-state index in [9.17, 15) is 8.42 Å². The molecule has 17 heavy (non-hydrogen) atoms. The van der Waals surface area contributed by atoms with E-state index in [1.165, 1.54) is 19.2 Å². The molecular weight excluding hydrogens is 264 g/mol. The lowest BCUT2D eigenvalue weighted by Crippen LogP contribution is -2.03. The molecule has 7 heteroatoms. The van der Waals surface area contributed by atoms with Gasteiger partial charge in [-0.1, -0.05) is 13.8 Å². The fourth-order valence-corrected chi connectivity index (χ4v) is 2.63. The highest BCUT2D eigenvalue weighted by Gasteiger charge is 2.20. The summed E-state index contributed by atoms with van der Waals surface area (Å²) >= 11 is -4.53. The largest absolute Gasteiger partial charge is 0.494 e. The molecule has 0 bridgehead atoms. The summed E-state index contributed by atoms with van der Waals surface area (Å²) in [7, 11) is 1.29. The smallest absolute Gasteiger partial charge is 0.190 e. The van der Waals surface area contributed by atoms with Crippen molar-refractivity contribution >= 4 is 22.2 Å². The highest BCUT2D eigenvalue weighted by Crippen LogP contribution is 2.32. The van der Waals surface area contributed by atoms with E-state index in [1.54, 1.807) is 0 Å². The maximum absolute atomic E-state index is 11.2. The van der Waals surface area contributed by atoms with Crippen LogP contribution in [0.25, 0.3) is 0 Å². The van der Waals surface area contributed by atoms with Crippen LogP contribution < -0.4 is 4.74 Å². The van der Waals surface area contributed by atoms with Gasteiger partial charge in [-0.3, -0.25) is 0 Å². The number of ether oxygens (including phenoxy) is 1. The molecule has 1 rings (SSSR count). The zero-order valence-corrected chi connectivity index (χ0v) is 11.3. The first kappa shape index (κ1) is 14.3. The number of hydrogen-bond donors (Lipinski definition) is 2. The molecule has 0 saturated carbocycles. The van der Waals surface area contributed by atoms with Crippen molar-refractivity contribution in [3.8, 4) is 5.75 Å². The van der Waals surface area contributed by atoms with Crippen LogP contribution in [-0.4, -0.2) is 24.6 Å². The minimum absolute atomic E-state index is 0.0103. The number of hydrogen-bond acceptors (Lipinski definition) is 3. The van der Waals surface area contributed by atoms with Gasteiger partial charge in [0.2, 0.25) is 0 Å². The minimum atomic E-state index is -2.26. The second kappa shape index (κ2) is 5.72. The fourth-order valence-electron chi connectivity index (χ4n) is 1.39. The van der Waals surface area contributed by atoms with Crippen LogP contribution in [0.1, 0.15) is 25.3 Å². The summed E-state index contributed by atoms with van der Waals surface area (Å²) < 4.78 is 45.6. The van der Waals surface area contributed by atoms with Gasteiger partial charge in [-0.25, -0.2) is 8.42 Å². The first-order valence-corrected chi connectivity index (χ1v) is 7.03. The Morgan fingerprint density at radius 3 is 1.76 bits per heavy atom. The lowest BCUT2D eigenvalue weighted by atomic mass is 10.0. The van der Waals surface area contributed by atoms with Crippen molar-refractivity contribution < 1.29 is 22.3 Å². The molecule has 2 N–H and O–H groups in total. The van der Waals surface area contributed by atoms with Crippen molar-refractivity contribution in [3.63, 3.8) is 0 Å². The summed E-state index contributed by atoms with van der Waals surface area (Å²) in [6.45, 7) is 3.77. The number of methoxy groups -OCH3 is 1. The molecule has 0 radical (unpaired) electrons. The van der Waals surface area contributed by atoms with Crippen LogP contribution in [0.3, 0.4) is 0 Å². The van der Waals surface area contributed by atoms with Crippen LogP contribution in [0.15, 0.2) is 21.9 Å². The molecule has 2 unspecified atom stereocenters. The second-order valence-electron chi connectivity index (χ2n) is 3.70. The van der Waals surface area contributed by atoms with Crippen LogP contribution in [-0.2, 0) is 22.2 Å². The van der Waals surface area contributed by atoms with E-state index in [-0.39, 0.29) is 21.5 Å². The molecule has 2 atom stereocenters. The van der Waals surface area contributed by atoms with Crippen LogP contribution in [0.4, 0.5) is 0 Å². The van der Waals surface area contributed by atoms with Gasteiger partial charge in [0.05, 0.1) is 7.11 Å². The standard InChI is InChI=1S/C10H14O5S2/c1-6(2)7-4-8(16(11)12)10(15-3)9(5-7)17(13)14/h4-6H,1-3H3,(H,11,12)(H,13,14). The maximum Gasteiger partial charge on any atom is 0.190 e. The van der Waals surface area contributed by atoms with Crippen molar-refractivity contribution in [1.82, 2.24) is 0 Å². The highest BCUT2D eigenvalue weighted by atomic mass is 32.2. The van der Waals surface area contributed by atoms with Crippen molar-refractivity contribution in [2.24, 2.45) is 0 Å². The summed E-state index contributed by atoms with van der Waals surface area (Å²) in [4.78, 5) is 0.0206. The highest BCUT2D eigenvalue weighted by molar-refractivity contribution is 7.80.